The maximum atomic E-state index is 13.4. The first-order valence-electron chi connectivity index (χ1n) is 11.0. The zero-order valence-corrected chi connectivity index (χ0v) is 19.7. The first kappa shape index (κ1) is 24.4. The molecule has 2 aromatic carbocycles. The van der Waals surface area contributed by atoms with E-state index in [9.17, 15) is 22.8 Å². The van der Waals surface area contributed by atoms with Crippen LogP contribution in [0.15, 0.2) is 59.5 Å². The van der Waals surface area contributed by atoms with Crippen molar-refractivity contribution in [1.82, 2.24) is 15.1 Å². The van der Waals surface area contributed by atoms with Gasteiger partial charge in [-0.05, 0) is 37.6 Å². The number of carbonyl (C=O) groups is 3. The summed E-state index contributed by atoms with van der Waals surface area (Å²) in [5.74, 6) is -1.34. The number of nitrogens with zero attached hydrogens (tertiary/aromatic N) is 2. The van der Waals surface area contributed by atoms with Crippen LogP contribution in [0.5, 0.6) is 0 Å². The summed E-state index contributed by atoms with van der Waals surface area (Å²) in [6, 6.07) is 14.2. The quantitative estimate of drug-likeness (QED) is 0.665. The lowest BCUT2D eigenvalue weighted by molar-refractivity contribution is -0.139. The molecule has 0 radical (unpaired) electrons. The fraction of sp³-hybridized carbons (Fsp3) is 0.375. The fourth-order valence-electron chi connectivity index (χ4n) is 3.64. The zero-order valence-electron chi connectivity index (χ0n) is 18.9. The minimum absolute atomic E-state index is 0.0192. The molecule has 8 nitrogen and oxygen atoms in total. The summed E-state index contributed by atoms with van der Waals surface area (Å²) in [7, 11) is -4.20. The second-order valence-corrected chi connectivity index (χ2v) is 10.1. The number of amides is 3. The van der Waals surface area contributed by atoms with Crippen LogP contribution in [0, 0.1) is 6.92 Å². The molecule has 1 fully saturated rings. The summed E-state index contributed by atoms with van der Waals surface area (Å²) >= 11 is 0. The summed E-state index contributed by atoms with van der Waals surface area (Å²) in [5, 5.41) is 0.673. The van der Waals surface area contributed by atoms with Gasteiger partial charge in [-0.1, -0.05) is 42.8 Å². The Morgan fingerprint density at radius 3 is 2.06 bits per heavy atom. The molecule has 0 saturated carbocycles. The predicted octanol–water partition coefficient (Wildman–Crippen LogP) is 2.00. The third-order valence-electron chi connectivity index (χ3n) is 5.59. The lowest BCUT2D eigenvalue weighted by atomic mass is 10.1. The van der Waals surface area contributed by atoms with Crippen LogP contribution in [0.4, 0.5) is 0 Å². The molecule has 3 rings (SSSR count). The van der Waals surface area contributed by atoms with Crippen molar-refractivity contribution in [3.05, 3.63) is 65.7 Å². The third-order valence-corrected chi connectivity index (χ3v) is 7.46. The number of hydrogen-bond acceptors (Lipinski definition) is 5. The van der Waals surface area contributed by atoms with Gasteiger partial charge >= 0.3 is 0 Å². The van der Waals surface area contributed by atoms with Crippen LogP contribution in [0.2, 0.25) is 0 Å². The number of rotatable bonds is 7. The van der Waals surface area contributed by atoms with Crippen molar-refractivity contribution in [3.8, 4) is 0 Å². The molecular formula is C24H29N3O5S. The first-order chi connectivity index (χ1) is 15.7. The topological polar surface area (TPSA) is 104 Å². The third kappa shape index (κ3) is 5.78. The molecule has 0 bridgehead atoms. The number of piperazine rings is 1. The Labute approximate surface area is 194 Å². The minimum atomic E-state index is -4.20. The van der Waals surface area contributed by atoms with Gasteiger partial charge in [-0.25, -0.2) is 8.42 Å². The van der Waals surface area contributed by atoms with Gasteiger partial charge in [-0.3, -0.25) is 14.4 Å². The number of sulfone groups is 1. The van der Waals surface area contributed by atoms with E-state index in [0.29, 0.717) is 19.5 Å². The monoisotopic (exact) mass is 471 g/mol. The highest BCUT2D eigenvalue weighted by molar-refractivity contribution is 7.92. The maximum absolute atomic E-state index is 13.4. The maximum Gasteiger partial charge on any atom is 0.261 e. The Balaban J connectivity index is 1.84. The van der Waals surface area contributed by atoms with Crippen LogP contribution in [-0.2, 0) is 19.4 Å². The number of carbonyl (C=O) groups excluding carboxylic acids is 3. The standard InChI is InChI=1S/C24H29N3O5S/c1-3-7-21(28)26-14-16-27(17-15-26)24(30)23(33(31,32)20-8-5-4-6-9-20)25-22(29)19-12-10-18(2)11-13-19/h4-6,8-13,23H,3,7,14-17H2,1-2H3,(H,25,29). The summed E-state index contributed by atoms with van der Waals surface area (Å²) in [6.07, 6.45) is 1.17. The predicted molar refractivity (Wildman–Crippen MR) is 124 cm³/mol. The minimum Gasteiger partial charge on any atom is -0.339 e. The van der Waals surface area contributed by atoms with Crippen molar-refractivity contribution < 1.29 is 22.8 Å². The summed E-state index contributed by atoms with van der Waals surface area (Å²) in [5.41, 5.74) is 1.21. The molecule has 0 aromatic heterocycles. The van der Waals surface area contributed by atoms with E-state index in [4.69, 9.17) is 0 Å². The molecule has 33 heavy (non-hydrogen) atoms. The first-order valence-corrected chi connectivity index (χ1v) is 12.5. The van der Waals surface area contributed by atoms with Gasteiger partial charge < -0.3 is 15.1 Å². The lowest BCUT2D eigenvalue weighted by Gasteiger charge is -2.36. The van der Waals surface area contributed by atoms with Crippen molar-refractivity contribution in [1.29, 1.82) is 0 Å². The van der Waals surface area contributed by atoms with E-state index in [1.54, 1.807) is 47.4 Å². The van der Waals surface area contributed by atoms with Gasteiger partial charge in [-0.15, -0.1) is 0 Å². The molecule has 1 aliphatic heterocycles. The molecule has 1 atom stereocenters. The number of nitrogens with one attached hydrogen (secondary N) is 1. The molecule has 9 heteroatoms. The molecule has 3 amide bonds. The van der Waals surface area contributed by atoms with Crippen molar-refractivity contribution in [2.24, 2.45) is 0 Å². The van der Waals surface area contributed by atoms with Crippen LogP contribution in [0.1, 0.15) is 35.7 Å². The summed E-state index contributed by atoms with van der Waals surface area (Å²) in [4.78, 5) is 41.4. The highest BCUT2D eigenvalue weighted by atomic mass is 32.2. The van der Waals surface area contributed by atoms with Crippen LogP contribution in [0.3, 0.4) is 0 Å². The summed E-state index contributed by atoms with van der Waals surface area (Å²) in [6.45, 7) is 4.86. The van der Waals surface area contributed by atoms with Gasteiger partial charge in [0, 0.05) is 38.2 Å². The van der Waals surface area contributed by atoms with Gasteiger partial charge in [-0.2, -0.15) is 0 Å². The normalized spacial score (nSPS) is 15.1. The molecule has 1 saturated heterocycles. The molecule has 1 aliphatic rings. The lowest BCUT2D eigenvalue weighted by Crippen LogP contribution is -2.57. The Morgan fingerprint density at radius 1 is 0.909 bits per heavy atom. The Morgan fingerprint density at radius 2 is 1.48 bits per heavy atom. The second-order valence-electron chi connectivity index (χ2n) is 8.03. The highest BCUT2D eigenvalue weighted by Gasteiger charge is 2.39. The number of aryl methyl sites for hydroxylation is 1. The van der Waals surface area contributed by atoms with Gasteiger partial charge in [0.2, 0.25) is 21.1 Å². The molecule has 1 heterocycles. The van der Waals surface area contributed by atoms with Crippen LogP contribution in [0.25, 0.3) is 0 Å². The van der Waals surface area contributed by atoms with E-state index in [-0.39, 0.29) is 29.5 Å². The van der Waals surface area contributed by atoms with E-state index >= 15 is 0 Å². The van der Waals surface area contributed by atoms with Crippen LogP contribution in [-0.4, -0.2) is 67.5 Å². The largest absolute Gasteiger partial charge is 0.339 e. The number of hydrogen-bond donors (Lipinski definition) is 1. The average molecular weight is 472 g/mol. The van der Waals surface area contributed by atoms with Crippen molar-refractivity contribution >= 4 is 27.6 Å². The molecule has 1 unspecified atom stereocenters. The fourth-order valence-corrected chi connectivity index (χ4v) is 5.13. The van der Waals surface area contributed by atoms with Crippen LogP contribution < -0.4 is 5.32 Å². The van der Waals surface area contributed by atoms with Crippen LogP contribution >= 0.6 is 0 Å². The Hall–Kier alpha value is -3.20. The second kappa shape index (κ2) is 10.6. The van der Waals surface area contributed by atoms with E-state index in [1.165, 1.54) is 17.0 Å². The molecule has 0 spiro atoms. The smallest absolute Gasteiger partial charge is 0.261 e. The van der Waals surface area contributed by atoms with Crippen molar-refractivity contribution in [2.75, 3.05) is 26.2 Å². The van der Waals surface area contributed by atoms with Gasteiger partial charge in [0.05, 0.1) is 4.90 Å². The van der Waals surface area contributed by atoms with Crippen molar-refractivity contribution in [3.63, 3.8) is 0 Å². The average Bonchev–Trinajstić information content (AvgIpc) is 2.83. The zero-order chi connectivity index (χ0) is 24.0. The molecule has 2 aromatic rings. The van der Waals surface area contributed by atoms with Gasteiger partial charge in [0.25, 0.3) is 11.8 Å². The molecule has 0 aliphatic carbocycles. The van der Waals surface area contributed by atoms with E-state index < -0.39 is 27.0 Å². The summed E-state index contributed by atoms with van der Waals surface area (Å²) < 4.78 is 26.7. The van der Waals surface area contributed by atoms with Gasteiger partial charge in [0.15, 0.2) is 0 Å². The van der Waals surface area contributed by atoms with E-state index in [1.807, 2.05) is 13.8 Å². The van der Waals surface area contributed by atoms with E-state index in [2.05, 4.69) is 5.32 Å². The molecular weight excluding hydrogens is 442 g/mol. The molecule has 1 N–H and O–H groups in total. The SMILES string of the molecule is CCCC(=O)N1CCN(C(=O)C(NC(=O)c2ccc(C)cc2)S(=O)(=O)c2ccccc2)CC1. The van der Waals surface area contributed by atoms with Crippen molar-refractivity contribution in [2.45, 2.75) is 37.0 Å². The Kier molecular flexibility index (Phi) is 7.86. The van der Waals surface area contributed by atoms with E-state index in [0.717, 1.165) is 12.0 Å². The molecule has 176 valence electrons. The van der Waals surface area contributed by atoms with Gasteiger partial charge in [0.1, 0.15) is 0 Å². The Bertz CT molecular complexity index is 1090. The highest BCUT2D eigenvalue weighted by Crippen LogP contribution is 2.18. The number of benzene rings is 2.